The fourth-order valence-electron chi connectivity index (χ4n) is 5.07. The van der Waals surface area contributed by atoms with Gasteiger partial charge in [-0.3, -0.25) is 0 Å². The molecule has 0 amide bonds. The van der Waals surface area contributed by atoms with Crippen molar-refractivity contribution in [1.82, 2.24) is 0 Å². The van der Waals surface area contributed by atoms with E-state index in [9.17, 15) is 10.2 Å². The number of aliphatic hydroxyl groups excluding tert-OH is 2. The Hall–Kier alpha value is -2.16. The summed E-state index contributed by atoms with van der Waals surface area (Å²) in [6.45, 7) is 3.04. The number of ether oxygens (including phenoxy) is 3. The van der Waals surface area contributed by atoms with Gasteiger partial charge in [-0.15, -0.1) is 0 Å². The van der Waals surface area contributed by atoms with Gasteiger partial charge in [-0.25, -0.2) is 0 Å². The Morgan fingerprint density at radius 1 is 1.03 bits per heavy atom. The zero-order valence-corrected chi connectivity index (χ0v) is 17.5. The first-order valence-corrected chi connectivity index (χ1v) is 11.0. The Kier molecular flexibility index (Phi) is 4.52. The first kappa shape index (κ1) is 19.5. The molecule has 0 spiro atoms. The van der Waals surface area contributed by atoms with Crippen LogP contribution in [-0.4, -0.2) is 60.8 Å². The molecule has 164 valence electrons. The molecular formula is C24H28N2O5. The fourth-order valence-corrected chi connectivity index (χ4v) is 5.07. The lowest BCUT2D eigenvalue weighted by Gasteiger charge is -2.21. The highest BCUT2D eigenvalue weighted by molar-refractivity contribution is 5.83. The predicted octanol–water partition coefficient (Wildman–Crippen LogP) is 2.35. The van der Waals surface area contributed by atoms with Crippen LogP contribution in [-0.2, 0) is 19.6 Å². The highest BCUT2D eigenvalue weighted by Gasteiger charge is 2.48. The zero-order valence-electron chi connectivity index (χ0n) is 17.5. The topological polar surface area (TPSA) is 92.2 Å². The SMILES string of the molecule is Cc1cc2c(cc1-c1ccc(C3(CO)CC3)cc1)NC(O[C@@H]1CO[C@H]3[C@@H]1OC[C@H]3O)N2. The summed E-state index contributed by atoms with van der Waals surface area (Å²) in [5, 5.41) is 26.4. The van der Waals surface area contributed by atoms with E-state index in [-0.39, 0.29) is 36.7 Å². The Bertz CT molecular complexity index is 990. The lowest BCUT2D eigenvalue weighted by molar-refractivity contribution is -0.0542. The number of hydrogen-bond acceptors (Lipinski definition) is 7. The normalized spacial score (nSPS) is 32.3. The summed E-state index contributed by atoms with van der Waals surface area (Å²) in [4.78, 5) is 0. The van der Waals surface area contributed by atoms with E-state index < -0.39 is 6.10 Å². The van der Waals surface area contributed by atoms with Crippen LogP contribution >= 0.6 is 0 Å². The van der Waals surface area contributed by atoms with E-state index in [1.165, 1.54) is 16.7 Å². The van der Waals surface area contributed by atoms with Crippen LogP contribution in [0.15, 0.2) is 36.4 Å². The maximum absolute atomic E-state index is 9.92. The van der Waals surface area contributed by atoms with E-state index >= 15 is 0 Å². The van der Waals surface area contributed by atoms with Gasteiger partial charge in [0.1, 0.15) is 24.4 Å². The van der Waals surface area contributed by atoms with Crippen molar-refractivity contribution < 1.29 is 24.4 Å². The van der Waals surface area contributed by atoms with Crippen LogP contribution in [0, 0.1) is 6.92 Å². The second-order valence-electron chi connectivity index (χ2n) is 9.24. The van der Waals surface area contributed by atoms with Crippen molar-refractivity contribution in [3.05, 3.63) is 47.5 Å². The maximum Gasteiger partial charge on any atom is 0.205 e. The van der Waals surface area contributed by atoms with Crippen molar-refractivity contribution in [3.63, 3.8) is 0 Å². The van der Waals surface area contributed by atoms with E-state index in [1.54, 1.807) is 0 Å². The molecule has 1 saturated carbocycles. The molecule has 31 heavy (non-hydrogen) atoms. The first-order chi connectivity index (χ1) is 15.1. The van der Waals surface area contributed by atoms with Crippen LogP contribution in [0.2, 0.25) is 0 Å². The summed E-state index contributed by atoms with van der Waals surface area (Å²) in [6, 6.07) is 12.9. The average Bonchev–Trinajstić information content (AvgIpc) is 3.12. The third-order valence-electron chi connectivity index (χ3n) is 7.19. The van der Waals surface area contributed by atoms with Gasteiger partial charge >= 0.3 is 0 Å². The van der Waals surface area contributed by atoms with Crippen LogP contribution in [0.25, 0.3) is 11.1 Å². The molecule has 2 saturated heterocycles. The Balaban J connectivity index is 1.18. The number of rotatable bonds is 5. The quantitative estimate of drug-likeness (QED) is 0.586. The molecule has 4 aliphatic rings. The first-order valence-electron chi connectivity index (χ1n) is 11.0. The predicted molar refractivity (Wildman–Crippen MR) is 116 cm³/mol. The molecule has 1 aliphatic carbocycles. The molecule has 0 bridgehead atoms. The molecule has 2 aromatic carbocycles. The molecule has 0 radical (unpaired) electrons. The Morgan fingerprint density at radius 2 is 1.74 bits per heavy atom. The lowest BCUT2D eigenvalue weighted by atomic mass is 9.93. The van der Waals surface area contributed by atoms with Crippen molar-refractivity contribution in [2.24, 2.45) is 0 Å². The third kappa shape index (κ3) is 3.23. The molecule has 5 atom stereocenters. The molecule has 7 heteroatoms. The molecule has 1 unspecified atom stereocenters. The number of anilines is 2. The summed E-state index contributed by atoms with van der Waals surface area (Å²) < 4.78 is 17.5. The molecule has 2 aromatic rings. The fraction of sp³-hybridized carbons (Fsp3) is 0.500. The van der Waals surface area contributed by atoms with E-state index in [1.807, 2.05) is 0 Å². The molecule has 4 N–H and O–H groups in total. The second kappa shape index (κ2) is 7.18. The van der Waals surface area contributed by atoms with Crippen molar-refractivity contribution in [2.45, 2.75) is 55.9 Å². The molecule has 3 heterocycles. The van der Waals surface area contributed by atoms with Gasteiger partial charge in [-0.05, 0) is 54.2 Å². The van der Waals surface area contributed by atoms with E-state index in [2.05, 4.69) is 54.0 Å². The van der Waals surface area contributed by atoms with Crippen LogP contribution in [0.3, 0.4) is 0 Å². The molecule has 3 aliphatic heterocycles. The van der Waals surface area contributed by atoms with Crippen LogP contribution in [0.5, 0.6) is 0 Å². The van der Waals surface area contributed by atoms with Gasteiger partial charge in [0.2, 0.25) is 6.35 Å². The Labute approximate surface area is 181 Å². The van der Waals surface area contributed by atoms with Crippen molar-refractivity contribution in [2.75, 3.05) is 30.5 Å². The van der Waals surface area contributed by atoms with Gasteiger partial charge in [-0.2, -0.15) is 0 Å². The van der Waals surface area contributed by atoms with Gasteiger partial charge in [0, 0.05) is 5.41 Å². The second-order valence-corrected chi connectivity index (χ2v) is 9.24. The smallest absolute Gasteiger partial charge is 0.205 e. The summed E-state index contributed by atoms with van der Waals surface area (Å²) in [7, 11) is 0. The van der Waals surface area contributed by atoms with Gasteiger partial charge in [0.15, 0.2) is 0 Å². The number of fused-ring (bicyclic) bond motifs is 2. The highest BCUT2D eigenvalue weighted by Crippen LogP contribution is 2.48. The minimum absolute atomic E-state index is 0.0103. The van der Waals surface area contributed by atoms with Crippen molar-refractivity contribution >= 4 is 11.4 Å². The minimum atomic E-state index is -0.580. The summed E-state index contributed by atoms with van der Waals surface area (Å²) >= 11 is 0. The highest BCUT2D eigenvalue weighted by atomic mass is 16.6. The lowest BCUT2D eigenvalue weighted by Crippen LogP contribution is -2.39. The number of hydrogen-bond donors (Lipinski definition) is 4. The molecule has 0 aromatic heterocycles. The summed E-state index contributed by atoms with van der Waals surface area (Å²) in [5.74, 6) is 0. The van der Waals surface area contributed by atoms with Gasteiger partial charge in [0.25, 0.3) is 0 Å². The van der Waals surface area contributed by atoms with Gasteiger partial charge in [0.05, 0.1) is 31.2 Å². The van der Waals surface area contributed by atoms with Crippen molar-refractivity contribution in [3.8, 4) is 11.1 Å². The van der Waals surface area contributed by atoms with Crippen LogP contribution in [0.4, 0.5) is 11.4 Å². The minimum Gasteiger partial charge on any atom is -0.395 e. The average molecular weight is 424 g/mol. The van der Waals surface area contributed by atoms with Crippen LogP contribution < -0.4 is 10.6 Å². The van der Waals surface area contributed by atoms with E-state index in [0.29, 0.717) is 13.2 Å². The van der Waals surface area contributed by atoms with Gasteiger partial charge < -0.3 is 35.1 Å². The van der Waals surface area contributed by atoms with Crippen LogP contribution in [0.1, 0.15) is 24.0 Å². The zero-order chi connectivity index (χ0) is 21.2. The molecule has 3 fully saturated rings. The Morgan fingerprint density at radius 3 is 2.45 bits per heavy atom. The number of nitrogens with one attached hydrogen (secondary N) is 2. The van der Waals surface area contributed by atoms with Crippen molar-refractivity contribution in [1.29, 1.82) is 0 Å². The summed E-state index contributed by atoms with van der Waals surface area (Å²) in [5.41, 5.74) is 6.71. The van der Waals surface area contributed by atoms with E-state index in [4.69, 9.17) is 14.2 Å². The standard InChI is InChI=1S/C24H28N2O5/c1-13-8-17-18(9-16(13)14-2-4-15(5-3-14)24(12-27)6-7-24)26-23(25-17)31-20-11-30-21-19(28)10-29-22(20)21/h2-5,8-9,19-23,25-28H,6-7,10-12H2,1H3/t19-,20-,21-,22-,23?/m1/s1. The number of benzene rings is 2. The number of aliphatic hydroxyl groups is 2. The molecular weight excluding hydrogens is 396 g/mol. The third-order valence-corrected chi connectivity index (χ3v) is 7.19. The number of aryl methyl sites for hydroxylation is 1. The molecule has 6 rings (SSSR count). The maximum atomic E-state index is 9.92. The van der Waals surface area contributed by atoms with E-state index in [0.717, 1.165) is 29.8 Å². The largest absolute Gasteiger partial charge is 0.395 e. The monoisotopic (exact) mass is 424 g/mol. The van der Waals surface area contributed by atoms with Gasteiger partial charge in [-0.1, -0.05) is 24.3 Å². The molecule has 7 nitrogen and oxygen atoms in total. The summed E-state index contributed by atoms with van der Waals surface area (Å²) in [6.07, 6.45) is 0.419.